The van der Waals surface area contributed by atoms with Gasteiger partial charge in [0.25, 0.3) is 0 Å². The Hall–Kier alpha value is -1.55. The fourth-order valence-electron chi connectivity index (χ4n) is 2.70. The SMILES string of the molecule is Cc1ccc(-c2ncc3c(n2)CC(C)(C)CC3=O)cc1Br. The molecule has 21 heavy (non-hydrogen) atoms. The molecule has 1 aromatic carbocycles. The van der Waals surface area contributed by atoms with Gasteiger partial charge in [0.1, 0.15) is 0 Å². The van der Waals surface area contributed by atoms with E-state index in [0.29, 0.717) is 17.8 Å². The molecule has 0 saturated carbocycles. The number of ketones is 1. The number of fused-ring (bicyclic) bond motifs is 1. The van der Waals surface area contributed by atoms with E-state index in [2.05, 4.69) is 39.7 Å². The molecule has 0 fully saturated rings. The molecule has 1 aromatic heterocycles. The molecule has 1 aliphatic rings. The standard InChI is InChI=1S/C17H17BrN2O/c1-10-4-5-11(6-13(10)18)16-19-9-12-14(20-16)7-17(2,3)8-15(12)21/h4-6,9H,7-8H2,1-3H3. The molecule has 3 rings (SSSR count). The van der Waals surface area contributed by atoms with Gasteiger partial charge in [-0.25, -0.2) is 9.97 Å². The summed E-state index contributed by atoms with van der Waals surface area (Å²) >= 11 is 3.54. The van der Waals surface area contributed by atoms with Crippen LogP contribution in [-0.2, 0) is 6.42 Å². The molecular weight excluding hydrogens is 328 g/mol. The molecule has 0 saturated heterocycles. The molecule has 1 aliphatic carbocycles. The summed E-state index contributed by atoms with van der Waals surface area (Å²) in [6, 6.07) is 6.07. The zero-order chi connectivity index (χ0) is 15.2. The van der Waals surface area contributed by atoms with Crippen molar-refractivity contribution in [3.8, 4) is 11.4 Å². The molecular formula is C17H17BrN2O. The fraction of sp³-hybridized carbons (Fsp3) is 0.353. The largest absolute Gasteiger partial charge is 0.294 e. The second-order valence-electron chi connectivity index (χ2n) is 6.46. The van der Waals surface area contributed by atoms with Gasteiger partial charge in [-0.2, -0.15) is 0 Å². The van der Waals surface area contributed by atoms with E-state index >= 15 is 0 Å². The van der Waals surface area contributed by atoms with Crippen molar-refractivity contribution in [2.45, 2.75) is 33.6 Å². The smallest absolute Gasteiger partial charge is 0.166 e. The van der Waals surface area contributed by atoms with Crippen molar-refractivity contribution in [3.05, 3.63) is 45.7 Å². The lowest BCUT2D eigenvalue weighted by Crippen LogP contribution is -2.28. The monoisotopic (exact) mass is 344 g/mol. The van der Waals surface area contributed by atoms with Crippen LogP contribution in [0.1, 0.15) is 41.9 Å². The number of hydrogen-bond donors (Lipinski definition) is 0. The summed E-state index contributed by atoms with van der Waals surface area (Å²) in [6.07, 6.45) is 3.07. The molecule has 2 aromatic rings. The quantitative estimate of drug-likeness (QED) is 0.771. The first-order valence-corrected chi connectivity index (χ1v) is 7.81. The lowest BCUT2D eigenvalue weighted by atomic mass is 9.76. The molecule has 1 heterocycles. The van der Waals surface area contributed by atoms with Gasteiger partial charge < -0.3 is 0 Å². The maximum absolute atomic E-state index is 12.2. The Balaban J connectivity index is 2.07. The van der Waals surface area contributed by atoms with Gasteiger partial charge in [-0.1, -0.05) is 41.9 Å². The van der Waals surface area contributed by atoms with E-state index in [1.165, 1.54) is 5.56 Å². The average Bonchev–Trinajstić information content (AvgIpc) is 2.40. The number of Topliss-reactive ketones (excluding diaryl/α,β-unsaturated/α-hetero) is 1. The molecule has 0 amide bonds. The van der Waals surface area contributed by atoms with E-state index in [1.807, 2.05) is 25.1 Å². The van der Waals surface area contributed by atoms with Gasteiger partial charge in [0.15, 0.2) is 11.6 Å². The van der Waals surface area contributed by atoms with Crippen molar-refractivity contribution in [1.29, 1.82) is 0 Å². The van der Waals surface area contributed by atoms with Crippen LogP contribution in [0.4, 0.5) is 0 Å². The van der Waals surface area contributed by atoms with Crippen LogP contribution in [-0.4, -0.2) is 15.8 Å². The van der Waals surface area contributed by atoms with Crippen LogP contribution >= 0.6 is 15.9 Å². The molecule has 3 nitrogen and oxygen atoms in total. The van der Waals surface area contributed by atoms with Gasteiger partial charge in [0, 0.05) is 22.7 Å². The molecule has 0 aliphatic heterocycles. The minimum Gasteiger partial charge on any atom is -0.294 e. The number of aromatic nitrogens is 2. The summed E-state index contributed by atoms with van der Waals surface area (Å²) in [6.45, 7) is 6.26. The number of halogens is 1. The molecule has 108 valence electrons. The Labute approximate surface area is 133 Å². The van der Waals surface area contributed by atoms with Crippen molar-refractivity contribution in [1.82, 2.24) is 9.97 Å². The lowest BCUT2D eigenvalue weighted by Gasteiger charge is -2.29. The van der Waals surface area contributed by atoms with Gasteiger partial charge in [-0.05, 0) is 30.4 Å². The number of hydrogen-bond acceptors (Lipinski definition) is 3. The predicted molar refractivity (Wildman–Crippen MR) is 86.3 cm³/mol. The van der Waals surface area contributed by atoms with E-state index in [-0.39, 0.29) is 11.2 Å². The van der Waals surface area contributed by atoms with E-state index in [1.54, 1.807) is 6.20 Å². The van der Waals surface area contributed by atoms with Gasteiger partial charge in [0.05, 0.1) is 11.3 Å². The number of carbonyl (C=O) groups is 1. The van der Waals surface area contributed by atoms with Crippen LogP contribution in [0.3, 0.4) is 0 Å². The number of benzene rings is 1. The van der Waals surface area contributed by atoms with Crippen molar-refractivity contribution in [3.63, 3.8) is 0 Å². The summed E-state index contributed by atoms with van der Waals surface area (Å²) in [5.41, 5.74) is 3.67. The second-order valence-corrected chi connectivity index (χ2v) is 7.31. The molecule has 0 radical (unpaired) electrons. The minimum atomic E-state index is -0.0242. The van der Waals surface area contributed by atoms with E-state index in [9.17, 15) is 4.79 Å². The van der Waals surface area contributed by atoms with E-state index in [4.69, 9.17) is 0 Å². The van der Waals surface area contributed by atoms with Crippen molar-refractivity contribution >= 4 is 21.7 Å². The molecule has 0 N–H and O–H groups in total. The van der Waals surface area contributed by atoms with Crippen LogP contribution in [0.25, 0.3) is 11.4 Å². The topological polar surface area (TPSA) is 42.9 Å². The Morgan fingerprint density at radius 2 is 2.00 bits per heavy atom. The zero-order valence-electron chi connectivity index (χ0n) is 12.4. The minimum absolute atomic E-state index is 0.0242. The first-order valence-electron chi connectivity index (χ1n) is 7.01. The maximum Gasteiger partial charge on any atom is 0.166 e. The average molecular weight is 345 g/mol. The number of nitrogens with zero attached hydrogens (tertiary/aromatic N) is 2. The third-order valence-electron chi connectivity index (χ3n) is 3.88. The third-order valence-corrected chi connectivity index (χ3v) is 4.74. The highest BCUT2D eigenvalue weighted by Gasteiger charge is 2.32. The molecule has 0 bridgehead atoms. The highest BCUT2D eigenvalue weighted by atomic mass is 79.9. The van der Waals surface area contributed by atoms with E-state index in [0.717, 1.165) is 22.2 Å². The zero-order valence-corrected chi connectivity index (χ0v) is 14.0. The van der Waals surface area contributed by atoms with Gasteiger partial charge >= 0.3 is 0 Å². The van der Waals surface area contributed by atoms with Gasteiger partial charge in [-0.3, -0.25) is 4.79 Å². The van der Waals surface area contributed by atoms with Crippen molar-refractivity contribution in [2.24, 2.45) is 5.41 Å². The van der Waals surface area contributed by atoms with Crippen LogP contribution < -0.4 is 0 Å². The summed E-state index contributed by atoms with van der Waals surface area (Å²) < 4.78 is 1.04. The first-order chi connectivity index (χ1) is 9.85. The number of rotatable bonds is 1. The summed E-state index contributed by atoms with van der Waals surface area (Å²) in [5, 5.41) is 0. The second kappa shape index (κ2) is 5.02. The third kappa shape index (κ3) is 2.77. The molecule has 0 unspecified atom stereocenters. The first kappa shape index (κ1) is 14.4. The van der Waals surface area contributed by atoms with Crippen LogP contribution in [0, 0.1) is 12.3 Å². The van der Waals surface area contributed by atoms with Crippen molar-refractivity contribution < 1.29 is 4.79 Å². The van der Waals surface area contributed by atoms with Gasteiger partial charge in [-0.15, -0.1) is 0 Å². The Bertz CT molecular complexity index is 738. The fourth-order valence-corrected chi connectivity index (χ4v) is 3.08. The Morgan fingerprint density at radius 1 is 1.24 bits per heavy atom. The normalized spacial score (nSPS) is 16.7. The highest BCUT2D eigenvalue weighted by Crippen LogP contribution is 2.34. The van der Waals surface area contributed by atoms with Crippen LogP contribution in [0.2, 0.25) is 0 Å². The summed E-state index contributed by atoms with van der Waals surface area (Å²) in [5.74, 6) is 0.831. The van der Waals surface area contributed by atoms with Crippen LogP contribution in [0.5, 0.6) is 0 Å². The van der Waals surface area contributed by atoms with Gasteiger partial charge in [0.2, 0.25) is 0 Å². The molecule has 0 atom stereocenters. The van der Waals surface area contributed by atoms with E-state index < -0.39 is 0 Å². The summed E-state index contributed by atoms with van der Waals surface area (Å²) in [7, 11) is 0. The Morgan fingerprint density at radius 3 is 2.71 bits per heavy atom. The predicted octanol–water partition coefficient (Wildman–Crippen LogP) is 4.37. The lowest BCUT2D eigenvalue weighted by molar-refractivity contribution is 0.0910. The number of carbonyl (C=O) groups excluding carboxylic acids is 1. The van der Waals surface area contributed by atoms with Crippen molar-refractivity contribution in [2.75, 3.05) is 0 Å². The van der Waals surface area contributed by atoms with Crippen LogP contribution in [0.15, 0.2) is 28.9 Å². The summed E-state index contributed by atoms with van der Waals surface area (Å²) in [4.78, 5) is 21.2. The highest BCUT2D eigenvalue weighted by molar-refractivity contribution is 9.10. The number of aryl methyl sites for hydroxylation is 1. The molecule has 0 spiro atoms. The maximum atomic E-state index is 12.2. The molecule has 4 heteroatoms. The Kier molecular flexibility index (Phi) is 3.44.